The first kappa shape index (κ1) is 70.3. The molecule has 28 heteroatoms. The van der Waals surface area contributed by atoms with Crippen molar-refractivity contribution in [2.75, 3.05) is 13.1 Å². The van der Waals surface area contributed by atoms with Crippen molar-refractivity contribution in [3.05, 3.63) is 0 Å². The number of carbonyl (C=O) groups is 9. The number of nitrogens with one attached hydrogen (secondary N) is 6. The summed E-state index contributed by atoms with van der Waals surface area (Å²) in [7, 11) is 0. The standard InChI is InChI=1S/C54H92N6O22/c1-20-34-40(72-28(3)62)36(60-49(70)82-54(17,18)19)41(73-29(4)63)44(75-34)77-38-32(57-42(65)35(71-27(2)61)23-24-55-45(66)78-50(5,6)7)25-33(59-48(69)81-53(14,15)16)39(37(38)64)76-43-31(58-47(68)80-52(11,12)13)22-21-30(74-43)26-56-46(67)79-51(8,9)10/h30-41,43-44,64H,20-26H2,1-19H3,(H,55,66)(H,56,67)(H,57,65)(H,58,68)(H,59,69)(H,60,70)/t30?,31?,32-,33-,34?,35+,36+,37?,38+,39?,40+,41?,43-,44-/m1/s1. The van der Waals surface area contributed by atoms with Crippen LogP contribution in [0.25, 0.3) is 0 Å². The van der Waals surface area contributed by atoms with Crippen LogP contribution in [0.5, 0.6) is 0 Å². The van der Waals surface area contributed by atoms with Gasteiger partial charge in [-0.15, -0.1) is 0 Å². The number of hydrogen-bond acceptors (Lipinski definition) is 22. The summed E-state index contributed by atoms with van der Waals surface area (Å²) in [5.74, 6) is -3.59. The van der Waals surface area contributed by atoms with Gasteiger partial charge in [0, 0.05) is 40.3 Å². The lowest BCUT2D eigenvalue weighted by Gasteiger charge is -2.50. The van der Waals surface area contributed by atoms with Crippen LogP contribution in [-0.2, 0) is 76.0 Å². The van der Waals surface area contributed by atoms with Crippen molar-refractivity contribution in [1.29, 1.82) is 0 Å². The summed E-state index contributed by atoms with van der Waals surface area (Å²) in [4.78, 5) is 119. The smallest absolute Gasteiger partial charge is 0.408 e. The Morgan fingerprint density at radius 2 is 0.951 bits per heavy atom. The Kier molecular flexibility index (Phi) is 25.3. The van der Waals surface area contributed by atoms with E-state index in [9.17, 15) is 48.3 Å². The molecule has 3 aliphatic rings. The van der Waals surface area contributed by atoms with Gasteiger partial charge in [-0.05, 0) is 130 Å². The summed E-state index contributed by atoms with van der Waals surface area (Å²) in [6.07, 6.45) is -20.1. The molecule has 0 aromatic rings. The summed E-state index contributed by atoms with van der Waals surface area (Å²) < 4.78 is 70.8. The fourth-order valence-electron chi connectivity index (χ4n) is 8.81. The second kappa shape index (κ2) is 29.5. The molecule has 0 radical (unpaired) electrons. The van der Waals surface area contributed by atoms with E-state index in [1.807, 2.05) is 0 Å². The number of rotatable bonds is 18. The first-order valence-corrected chi connectivity index (χ1v) is 27.6. The third-order valence-electron chi connectivity index (χ3n) is 11.6. The summed E-state index contributed by atoms with van der Waals surface area (Å²) in [6.45, 7) is 29.1. The predicted octanol–water partition coefficient (Wildman–Crippen LogP) is 4.56. The molecule has 14 atom stereocenters. The molecule has 6 unspecified atom stereocenters. The Labute approximate surface area is 480 Å². The summed E-state index contributed by atoms with van der Waals surface area (Å²) in [5, 5.41) is 29.1. The third-order valence-corrected chi connectivity index (χ3v) is 11.6. The van der Waals surface area contributed by atoms with E-state index in [0.717, 1.165) is 20.8 Å². The maximum absolute atomic E-state index is 14.6. The zero-order chi connectivity index (χ0) is 62.5. The average Bonchev–Trinajstić information content (AvgIpc) is 3.27. The molecule has 82 heavy (non-hydrogen) atoms. The van der Waals surface area contributed by atoms with Crippen LogP contribution >= 0.6 is 0 Å². The van der Waals surface area contributed by atoms with E-state index in [4.69, 9.17) is 56.8 Å². The molecule has 0 spiro atoms. The van der Waals surface area contributed by atoms with E-state index < -0.39 is 174 Å². The number of alkyl carbamates (subject to hydrolysis) is 5. The highest BCUT2D eigenvalue weighted by Crippen LogP contribution is 2.36. The van der Waals surface area contributed by atoms with Crippen LogP contribution in [0.3, 0.4) is 0 Å². The van der Waals surface area contributed by atoms with Gasteiger partial charge in [-0.25, -0.2) is 24.0 Å². The molecule has 470 valence electrons. The van der Waals surface area contributed by atoms with Crippen molar-refractivity contribution in [1.82, 2.24) is 31.9 Å². The summed E-state index contributed by atoms with van der Waals surface area (Å²) >= 11 is 0. The Morgan fingerprint density at radius 3 is 1.43 bits per heavy atom. The van der Waals surface area contributed by atoms with E-state index in [1.165, 1.54) is 0 Å². The second-order valence-electron chi connectivity index (χ2n) is 25.2. The van der Waals surface area contributed by atoms with Gasteiger partial charge in [-0.3, -0.25) is 19.2 Å². The summed E-state index contributed by atoms with van der Waals surface area (Å²) in [5.41, 5.74) is -4.79. The molecule has 0 aromatic heterocycles. The normalized spacial score (nSPS) is 27.3. The van der Waals surface area contributed by atoms with Gasteiger partial charge < -0.3 is 93.8 Å². The van der Waals surface area contributed by atoms with Crippen molar-refractivity contribution in [2.24, 2.45) is 0 Å². The number of ether oxygens (including phenoxy) is 12. The number of aliphatic hydroxyl groups excluding tert-OH is 1. The lowest BCUT2D eigenvalue weighted by molar-refractivity contribution is -0.316. The molecule has 28 nitrogen and oxygen atoms in total. The van der Waals surface area contributed by atoms with Crippen LogP contribution in [0.2, 0.25) is 0 Å². The van der Waals surface area contributed by atoms with Crippen LogP contribution in [-0.4, -0.2) is 186 Å². The minimum atomic E-state index is -2.03. The van der Waals surface area contributed by atoms with E-state index in [-0.39, 0.29) is 38.8 Å². The average molecular weight is 1180 g/mol. The lowest BCUT2D eigenvalue weighted by atomic mass is 9.83. The van der Waals surface area contributed by atoms with Gasteiger partial charge in [0.1, 0.15) is 52.4 Å². The molecule has 3 rings (SSSR count). The van der Waals surface area contributed by atoms with Gasteiger partial charge in [-0.2, -0.15) is 0 Å². The van der Waals surface area contributed by atoms with Gasteiger partial charge in [-0.1, -0.05) is 6.92 Å². The Morgan fingerprint density at radius 1 is 0.512 bits per heavy atom. The predicted molar refractivity (Wildman–Crippen MR) is 288 cm³/mol. The van der Waals surface area contributed by atoms with E-state index >= 15 is 0 Å². The largest absolute Gasteiger partial charge is 0.457 e. The maximum atomic E-state index is 14.6. The Balaban J connectivity index is 2.31. The molecule has 0 bridgehead atoms. The van der Waals surface area contributed by atoms with Crippen molar-refractivity contribution >= 4 is 54.3 Å². The molecule has 2 heterocycles. The zero-order valence-electron chi connectivity index (χ0n) is 51.1. The van der Waals surface area contributed by atoms with Gasteiger partial charge >= 0.3 is 48.4 Å². The number of carbonyl (C=O) groups excluding carboxylic acids is 9. The van der Waals surface area contributed by atoms with Gasteiger partial charge in [0.05, 0.1) is 30.3 Å². The Bertz CT molecular complexity index is 2200. The van der Waals surface area contributed by atoms with Crippen molar-refractivity contribution in [3.8, 4) is 0 Å². The van der Waals surface area contributed by atoms with Gasteiger partial charge in [0.25, 0.3) is 5.91 Å². The fourth-order valence-corrected chi connectivity index (χ4v) is 8.81. The maximum Gasteiger partial charge on any atom is 0.408 e. The first-order valence-electron chi connectivity index (χ1n) is 27.6. The Hall–Kier alpha value is -5.97. The highest BCUT2D eigenvalue weighted by molar-refractivity contribution is 5.84. The van der Waals surface area contributed by atoms with Gasteiger partial charge in [0.15, 0.2) is 30.9 Å². The molecule has 3 fully saturated rings. The van der Waals surface area contributed by atoms with Crippen LogP contribution < -0.4 is 31.9 Å². The number of amides is 6. The van der Waals surface area contributed by atoms with E-state index in [2.05, 4.69) is 31.9 Å². The van der Waals surface area contributed by atoms with E-state index in [0.29, 0.717) is 0 Å². The fraction of sp³-hybridized carbons (Fsp3) is 0.833. The minimum absolute atomic E-state index is 0.0779. The lowest BCUT2D eigenvalue weighted by Crippen LogP contribution is -2.71. The quantitative estimate of drug-likeness (QED) is 0.0730. The second-order valence-corrected chi connectivity index (χ2v) is 25.2. The van der Waals surface area contributed by atoms with Crippen LogP contribution in [0, 0.1) is 0 Å². The SMILES string of the molecule is CCC1O[C@H](O[C@@H]2C(O)C(O[C@H]3OC(CNC(=O)OC(C)(C)C)CCC3NC(=O)OC(C)(C)C)[C@H](NC(=O)OC(C)(C)C)C[C@H]2NC(=O)[C@H](CCNC(=O)OC(C)(C)C)OC(C)=O)C(OC(C)=O)[C@@H](NC(=O)OC(C)(C)C)[C@H]1OC(C)=O. The van der Waals surface area contributed by atoms with Crippen molar-refractivity contribution < 1.29 is 105 Å². The number of hydrogen-bond donors (Lipinski definition) is 7. The minimum Gasteiger partial charge on any atom is -0.457 e. The topological polar surface area (TPSA) is 357 Å². The molecular weight excluding hydrogens is 1080 g/mol. The van der Waals surface area contributed by atoms with Crippen molar-refractivity contribution in [2.45, 2.75) is 277 Å². The van der Waals surface area contributed by atoms with Crippen LogP contribution in [0.15, 0.2) is 0 Å². The number of aliphatic hydroxyl groups is 1. The van der Waals surface area contributed by atoms with E-state index in [1.54, 1.807) is 111 Å². The summed E-state index contributed by atoms with van der Waals surface area (Å²) in [6, 6.07) is -5.35. The molecule has 0 aromatic carbocycles. The van der Waals surface area contributed by atoms with Crippen LogP contribution in [0.4, 0.5) is 24.0 Å². The zero-order valence-corrected chi connectivity index (χ0v) is 51.1. The first-order chi connectivity index (χ1) is 37.5. The molecule has 1 aliphatic carbocycles. The molecular formula is C54H92N6O22. The molecule has 2 saturated heterocycles. The number of esters is 3. The van der Waals surface area contributed by atoms with Crippen molar-refractivity contribution in [3.63, 3.8) is 0 Å². The molecule has 6 amide bonds. The molecule has 7 N–H and O–H groups in total. The van der Waals surface area contributed by atoms with Gasteiger partial charge in [0.2, 0.25) is 0 Å². The van der Waals surface area contributed by atoms with Crippen LogP contribution in [0.1, 0.15) is 164 Å². The monoisotopic (exact) mass is 1180 g/mol. The highest BCUT2D eigenvalue weighted by Gasteiger charge is 2.56. The molecule has 2 aliphatic heterocycles. The third kappa shape index (κ3) is 25.3. The highest BCUT2D eigenvalue weighted by atomic mass is 16.7. The molecule has 1 saturated carbocycles.